The van der Waals surface area contributed by atoms with Crippen LogP contribution in [0.2, 0.25) is 0 Å². The Morgan fingerprint density at radius 1 is 1.41 bits per heavy atom. The molecule has 92 valence electrons. The van der Waals surface area contributed by atoms with Crippen molar-refractivity contribution in [2.75, 3.05) is 5.32 Å². The molecular weight excluding hydrogens is 245 g/mol. The van der Waals surface area contributed by atoms with Crippen molar-refractivity contribution in [2.45, 2.75) is 6.36 Å². The van der Waals surface area contributed by atoms with Crippen LogP contribution in [-0.2, 0) is 4.79 Å². The first kappa shape index (κ1) is 12.7. The van der Waals surface area contributed by atoms with Gasteiger partial charge in [0.2, 0.25) is 6.41 Å². The number of carbonyl (C=O) groups is 1. The largest absolute Gasteiger partial charge is 0.573 e. The lowest BCUT2D eigenvalue weighted by atomic mass is 10.2. The van der Waals surface area contributed by atoms with Crippen molar-refractivity contribution in [2.24, 2.45) is 0 Å². The fraction of sp³-hybridized carbons (Fsp3) is 0.125. The predicted molar refractivity (Wildman–Crippen MR) is 49.5 cm³/mol. The lowest BCUT2D eigenvalue weighted by Gasteiger charge is -2.11. The molecule has 0 aliphatic carbocycles. The summed E-state index contributed by atoms with van der Waals surface area (Å²) in [5.41, 5.74) is -0.907. The first-order valence-corrected chi connectivity index (χ1v) is 4.08. The number of nitrogens with zero attached hydrogens (tertiary/aromatic N) is 1. The van der Waals surface area contributed by atoms with Gasteiger partial charge in [0.15, 0.2) is 5.75 Å². The van der Waals surface area contributed by atoms with Crippen LogP contribution < -0.4 is 10.1 Å². The van der Waals surface area contributed by atoms with E-state index in [-0.39, 0.29) is 6.41 Å². The highest BCUT2D eigenvalue weighted by Crippen LogP contribution is 2.32. The van der Waals surface area contributed by atoms with Gasteiger partial charge in [0.25, 0.3) is 5.69 Å². The summed E-state index contributed by atoms with van der Waals surface area (Å²) in [5, 5.41) is 12.3. The number of amides is 1. The number of alkyl halides is 3. The molecule has 1 rings (SSSR count). The highest BCUT2D eigenvalue weighted by molar-refractivity contribution is 5.76. The van der Waals surface area contributed by atoms with Crippen LogP contribution in [0.15, 0.2) is 18.2 Å². The minimum atomic E-state index is -4.95. The highest BCUT2D eigenvalue weighted by atomic mass is 19.4. The molecular formula is C8H5F3N2O4. The van der Waals surface area contributed by atoms with E-state index < -0.39 is 28.4 Å². The molecule has 1 aromatic carbocycles. The van der Waals surface area contributed by atoms with Crippen molar-refractivity contribution >= 4 is 17.8 Å². The van der Waals surface area contributed by atoms with Gasteiger partial charge < -0.3 is 10.1 Å². The summed E-state index contributed by atoms with van der Waals surface area (Å²) in [7, 11) is 0. The molecule has 0 aliphatic heterocycles. The maximum Gasteiger partial charge on any atom is 0.573 e. The van der Waals surface area contributed by atoms with Crippen molar-refractivity contribution in [1.29, 1.82) is 0 Å². The lowest BCUT2D eigenvalue weighted by molar-refractivity contribution is -0.384. The molecule has 0 heterocycles. The summed E-state index contributed by atoms with van der Waals surface area (Å²) < 4.78 is 39.4. The van der Waals surface area contributed by atoms with E-state index in [1.165, 1.54) is 0 Å². The zero-order valence-electron chi connectivity index (χ0n) is 8.02. The molecule has 0 bridgehead atoms. The second kappa shape index (κ2) is 4.68. The smallest absolute Gasteiger partial charge is 0.404 e. The van der Waals surface area contributed by atoms with E-state index in [1.54, 1.807) is 0 Å². The molecule has 0 spiro atoms. The molecule has 1 aromatic rings. The summed E-state index contributed by atoms with van der Waals surface area (Å²) in [6.07, 6.45) is -4.86. The molecule has 0 radical (unpaired) electrons. The Balaban J connectivity index is 3.12. The zero-order valence-corrected chi connectivity index (χ0v) is 8.02. The fourth-order valence-electron chi connectivity index (χ4n) is 1.02. The van der Waals surface area contributed by atoms with E-state index in [2.05, 4.69) is 4.74 Å². The SMILES string of the molecule is O=CNc1cc([N+](=O)[O-])ccc1OC(F)(F)F. The Morgan fingerprint density at radius 3 is 2.53 bits per heavy atom. The summed E-state index contributed by atoms with van der Waals surface area (Å²) in [6.45, 7) is 0. The van der Waals surface area contributed by atoms with Gasteiger partial charge in [0, 0.05) is 12.1 Å². The Morgan fingerprint density at radius 2 is 2.06 bits per heavy atom. The van der Waals surface area contributed by atoms with E-state index in [0.717, 1.165) is 18.2 Å². The third-order valence-electron chi connectivity index (χ3n) is 1.61. The molecule has 0 unspecified atom stereocenters. The monoisotopic (exact) mass is 250 g/mol. The maximum absolute atomic E-state index is 11.9. The molecule has 0 saturated heterocycles. The van der Waals surface area contributed by atoms with Gasteiger partial charge in [-0.3, -0.25) is 14.9 Å². The number of hydrogen-bond acceptors (Lipinski definition) is 4. The number of hydrogen-bond donors (Lipinski definition) is 1. The number of non-ortho nitro benzene ring substituents is 1. The van der Waals surface area contributed by atoms with Crippen LogP contribution in [0.3, 0.4) is 0 Å². The van der Waals surface area contributed by atoms with Crippen LogP contribution in [-0.4, -0.2) is 17.7 Å². The normalized spacial score (nSPS) is 10.8. The van der Waals surface area contributed by atoms with Crippen molar-refractivity contribution in [3.05, 3.63) is 28.3 Å². The number of benzene rings is 1. The second-order valence-corrected chi connectivity index (χ2v) is 2.75. The third-order valence-corrected chi connectivity index (χ3v) is 1.61. The van der Waals surface area contributed by atoms with Crippen molar-refractivity contribution in [3.63, 3.8) is 0 Å². The van der Waals surface area contributed by atoms with Crippen LogP contribution >= 0.6 is 0 Å². The molecule has 6 nitrogen and oxygen atoms in total. The van der Waals surface area contributed by atoms with Crippen LogP contribution in [0.5, 0.6) is 5.75 Å². The van der Waals surface area contributed by atoms with Crippen molar-refractivity contribution in [3.8, 4) is 5.75 Å². The van der Waals surface area contributed by atoms with Crippen LogP contribution in [0, 0.1) is 10.1 Å². The number of anilines is 1. The molecule has 1 N–H and O–H groups in total. The van der Waals surface area contributed by atoms with Crippen molar-refractivity contribution < 1.29 is 27.6 Å². The van der Waals surface area contributed by atoms with E-state index in [4.69, 9.17) is 0 Å². The summed E-state index contributed by atoms with van der Waals surface area (Å²) in [4.78, 5) is 19.7. The van der Waals surface area contributed by atoms with Crippen LogP contribution in [0.25, 0.3) is 0 Å². The number of nitrogens with one attached hydrogen (secondary N) is 1. The van der Waals surface area contributed by atoms with Gasteiger partial charge in [-0.2, -0.15) is 0 Å². The number of carbonyl (C=O) groups excluding carboxylic acids is 1. The molecule has 0 saturated carbocycles. The average Bonchev–Trinajstić information content (AvgIpc) is 2.18. The average molecular weight is 250 g/mol. The van der Waals surface area contributed by atoms with Gasteiger partial charge in [-0.15, -0.1) is 13.2 Å². The predicted octanol–water partition coefficient (Wildman–Crippen LogP) is 2.06. The number of nitro groups is 1. The first-order valence-electron chi connectivity index (χ1n) is 4.08. The van der Waals surface area contributed by atoms with Gasteiger partial charge in [0.1, 0.15) is 0 Å². The summed E-state index contributed by atoms with van der Waals surface area (Å²) in [6, 6.07) is 2.34. The molecule has 1 amide bonds. The van der Waals surface area contributed by atoms with Crippen molar-refractivity contribution in [1.82, 2.24) is 0 Å². The molecule has 0 atom stereocenters. The molecule has 0 fully saturated rings. The molecule has 17 heavy (non-hydrogen) atoms. The van der Waals surface area contributed by atoms with Crippen LogP contribution in [0.1, 0.15) is 0 Å². The minimum Gasteiger partial charge on any atom is -0.404 e. The van der Waals surface area contributed by atoms with E-state index in [0.29, 0.717) is 0 Å². The van der Waals surface area contributed by atoms with E-state index >= 15 is 0 Å². The zero-order chi connectivity index (χ0) is 13.1. The molecule has 9 heteroatoms. The topological polar surface area (TPSA) is 81.5 Å². The van der Waals surface area contributed by atoms with Gasteiger partial charge in [-0.1, -0.05) is 0 Å². The second-order valence-electron chi connectivity index (χ2n) is 2.75. The van der Waals surface area contributed by atoms with Gasteiger partial charge in [0.05, 0.1) is 10.6 Å². The number of nitro benzene ring substituents is 1. The Hall–Kier alpha value is -2.32. The van der Waals surface area contributed by atoms with Gasteiger partial charge in [-0.25, -0.2) is 0 Å². The minimum absolute atomic E-state index is 0.0856. The number of ether oxygens (including phenoxy) is 1. The lowest BCUT2D eigenvalue weighted by Crippen LogP contribution is -2.18. The van der Waals surface area contributed by atoms with E-state index in [1.807, 2.05) is 5.32 Å². The van der Waals surface area contributed by atoms with E-state index in [9.17, 15) is 28.1 Å². The molecule has 0 aromatic heterocycles. The first-order chi connectivity index (χ1) is 7.83. The van der Waals surface area contributed by atoms with Gasteiger partial charge in [-0.05, 0) is 6.07 Å². The Kier molecular flexibility index (Phi) is 3.51. The summed E-state index contributed by atoms with van der Waals surface area (Å²) >= 11 is 0. The fourth-order valence-corrected chi connectivity index (χ4v) is 1.02. The van der Waals surface area contributed by atoms with Gasteiger partial charge >= 0.3 is 6.36 Å². The molecule has 0 aliphatic rings. The highest BCUT2D eigenvalue weighted by Gasteiger charge is 2.32. The Bertz CT molecular complexity index is 447. The number of halogens is 3. The summed E-state index contributed by atoms with van der Waals surface area (Å²) in [5.74, 6) is -0.727. The maximum atomic E-state index is 11.9. The quantitative estimate of drug-likeness (QED) is 0.503. The number of rotatable bonds is 4. The standard InChI is InChI=1S/C8H5F3N2O4/c9-8(10,11)17-7-2-1-5(13(15)16)3-6(7)12-4-14/h1-4H,(H,12,14). The third kappa shape index (κ3) is 3.63. The Labute approximate surface area is 92.1 Å². The van der Waals surface area contributed by atoms with Crippen LogP contribution in [0.4, 0.5) is 24.5 Å².